The van der Waals surface area contributed by atoms with Gasteiger partial charge >= 0.3 is 0 Å². The molecule has 0 aliphatic heterocycles. The third-order valence-electron chi connectivity index (χ3n) is 4.28. The van der Waals surface area contributed by atoms with Crippen molar-refractivity contribution < 1.29 is 4.79 Å². The van der Waals surface area contributed by atoms with Gasteiger partial charge in [-0.2, -0.15) is 0 Å². The first-order valence-corrected chi connectivity index (χ1v) is 10.4. The number of thiocarbonyl (C=S) groups is 1. The van der Waals surface area contributed by atoms with Gasteiger partial charge in [-0.25, -0.2) is 4.98 Å². The number of aromatic nitrogens is 1. The maximum atomic E-state index is 12.3. The van der Waals surface area contributed by atoms with Gasteiger partial charge < -0.3 is 5.32 Å². The molecular formula is C22H16ClN3OS2. The van der Waals surface area contributed by atoms with Crippen molar-refractivity contribution in [3.05, 3.63) is 82.9 Å². The van der Waals surface area contributed by atoms with Gasteiger partial charge in [-0.05, 0) is 73.2 Å². The summed E-state index contributed by atoms with van der Waals surface area (Å²) in [5.74, 6) is -0.352. The summed E-state index contributed by atoms with van der Waals surface area (Å²) in [4.78, 5) is 17.0. The van der Waals surface area contributed by atoms with Gasteiger partial charge in [0.05, 0.1) is 20.8 Å². The molecule has 29 heavy (non-hydrogen) atoms. The van der Waals surface area contributed by atoms with Crippen LogP contribution < -0.4 is 10.6 Å². The van der Waals surface area contributed by atoms with E-state index in [4.69, 9.17) is 28.8 Å². The number of hydrogen-bond acceptors (Lipinski definition) is 4. The lowest BCUT2D eigenvalue weighted by atomic mass is 10.2. The molecule has 1 heterocycles. The molecule has 0 unspecified atom stereocenters. The first-order valence-electron chi connectivity index (χ1n) is 8.84. The zero-order chi connectivity index (χ0) is 20.4. The maximum absolute atomic E-state index is 12.3. The number of anilines is 1. The van der Waals surface area contributed by atoms with E-state index in [1.165, 1.54) is 10.3 Å². The summed E-state index contributed by atoms with van der Waals surface area (Å²) >= 11 is 13.0. The highest BCUT2D eigenvalue weighted by molar-refractivity contribution is 7.80. The Balaban J connectivity index is 1.44. The molecule has 0 radical (unpaired) electrons. The normalized spacial score (nSPS) is 10.7. The Hall–Kier alpha value is -2.80. The minimum Gasteiger partial charge on any atom is -0.332 e. The molecule has 4 rings (SSSR count). The monoisotopic (exact) mass is 437 g/mol. The lowest BCUT2D eigenvalue weighted by Crippen LogP contribution is -2.34. The Labute approximate surface area is 182 Å². The third kappa shape index (κ3) is 4.45. The van der Waals surface area contributed by atoms with Crippen LogP contribution >= 0.6 is 35.2 Å². The van der Waals surface area contributed by atoms with Gasteiger partial charge in [0.15, 0.2) is 5.11 Å². The van der Waals surface area contributed by atoms with Gasteiger partial charge in [0, 0.05) is 11.3 Å². The molecule has 0 spiro atoms. The molecule has 7 heteroatoms. The molecule has 0 bridgehead atoms. The molecule has 1 amide bonds. The Bertz CT molecular complexity index is 1220. The molecule has 2 N–H and O–H groups in total. The summed E-state index contributed by atoms with van der Waals surface area (Å²) < 4.78 is 1.17. The van der Waals surface area contributed by atoms with Gasteiger partial charge in [0.25, 0.3) is 5.91 Å². The fourth-order valence-corrected chi connectivity index (χ4v) is 4.33. The molecule has 0 aliphatic carbocycles. The third-order valence-corrected chi connectivity index (χ3v) is 5.88. The fraction of sp³-hybridized carbons (Fsp3) is 0.0455. The van der Waals surface area contributed by atoms with Crippen LogP contribution in [0.2, 0.25) is 5.02 Å². The van der Waals surface area contributed by atoms with Gasteiger partial charge in [-0.3, -0.25) is 10.1 Å². The molecule has 0 saturated carbocycles. The van der Waals surface area contributed by atoms with Crippen LogP contribution in [0, 0.1) is 6.92 Å². The Morgan fingerprint density at radius 2 is 1.83 bits per heavy atom. The van der Waals surface area contributed by atoms with E-state index in [0.29, 0.717) is 10.6 Å². The van der Waals surface area contributed by atoms with Crippen LogP contribution in [-0.2, 0) is 0 Å². The Kier molecular flexibility index (Phi) is 5.58. The van der Waals surface area contributed by atoms with Crippen molar-refractivity contribution in [2.45, 2.75) is 6.92 Å². The molecule has 0 aliphatic rings. The molecule has 0 fully saturated rings. The number of thiazole rings is 1. The molecule has 4 aromatic rings. The predicted octanol–water partition coefficient (Wildman–Crippen LogP) is 6.05. The number of nitrogens with one attached hydrogen (secondary N) is 2. The summed E-state index contributed by atoms with van der Waals surface area (Å²) in [7, 11) is 0. The van der Waals surface area contributed by atoms with Crippen LogP contribution in [0.15, 0.2) is 66.7 Å². The second-order valence-electron chi connectivity index (χ2n) is 6.46. The van der Waals surface area contributed by atoms with Crippen LogP contribution in [0.5, 0.6) is 0 Å². The zero-order valence-corrected chi connectivity index (χ0v) is 17.8. The summed E-state index contributed by atoms with van der Waals surface area (Å²) in [5, 5.41) is 7.20. The van der Waals surface area contributed by atoms with E-state index < -0.39 is 0 Å². The smallest absolute Gasteiger partial charge is 0.258 e. The SMILES string of the molecule is Cc1ccc2nc(-c3ccc(NC(=S)NC(=O)c4ccccc4Cl)cc3)sc2c1. The molecule has 1 aromatic heterocycles. The summed E-state index contributed by atoms with van der Waals surface area (Å²) in [5.41, 5.74) is 4.40. The van der Waals surface area contributed by atoms with E-state index >= 15 is 0 Å². The van der Waals surface area contributed by atoms with Gasteiger partial charge in [0.2, 0.25) is 0 Å². The number of carbonyl (C=O) groups excluding carboxylic acids is 1. The highest BCUT2D eigenvalue weighted by Gasteiger charge is 2.11. The van der Waals surface area contributed by atoms with Crippen molar-refractivity contribution in [3.8, 4) is 10.6 Å². The van der Waals surface area contributed by atoms with E-state index in [9.17, 15) is 4.79 Å². The first kappa shape index (κ1) is 19.5. The minimum absolute atomic E-state index is 0.207. The number of hydrogen-bond donors (Lipinski definition) is 2. The van der Waals surface area contributed by atoms with Crippen LogP contribution in [0.4, 0.5) is 5.69 Å². The molecular weight excluding hydrogens is 422 g/mol. The number of halogens is 1. The molecule has 0 saturated heterocycles. The van der Waals surface area contributed by atoms with Crippen molar-refractivity contribution in [2.75, 3.05) is 5.32 Å². The second-order valence-corrected chi connectivity index (χ2v) is 8.30. The van der Waals surface area contributed by atoms with Crippen molar-refractivity contribution in [3.63, 3.8) is 0 Å². The number of carbonyl (C=O) groups is 1. The topological polar surface area (TPSA) is 54.0 Å². The van der Waals surface area contributed by atoms with Crippen LogP contribution in [0.1, 0.15) is 15.9 Å². The molecule has 3 aromatic carbocycles. The van der Waals surface area contributed by atoms with Crippen molar-refractivity contribution >= 4 is 62.1 Å². The quantitative estimate of drug-likeness (QED) is 0.383. The van der Waals surface area contributed by atoms with Crippen LogP contribution in [0.25, 0.3) is 20.8 Å². The van der Waals surface area contributed by atoms with Gasteiger partial charge in [0.1, 0.15) is 5.01 Å². The van der Waals surface area contributed by atoms with E-state index in [2.05, 4.69) is 29.7 Å². The number of amides is 1. The zero-order valence-electron chi connectivity index (χ0n) is 15.4. The summed E-state index contributed by atoms with van der Waals surface area (Å²) in [6.45, 7) is 2.08. The highest BCUT2D eigenvalue weighted by atomic mass is 35.5. The average molecular weight is 438 g/mol. The minimum atomic E-state index is -0.352. The molecule has 0 atom stereocenters. The van der Waals surface area contributed by atoms with E-state index in [1.54, 1.807) is 35.6 Å². The fourth-order valence-electron chi connectivity index (χ4n) is 2.83. The number of aryl methyl sites for hydroxylation is 1. The van der Waals surface area contributed by atoms with E-state index in [-0.39, 0.29) is 11.0 Å². The Morgan fingerprint density at radius 1 is 1.07 bits per heavy atom. The highest BCUT2D eigenvalue weighted by Crippen LogP contribution is 2.31. The average Bonchev–Trinajstić information content (AvgIpc) is 3.12. The number of benzene rings is 3. The number of rotatable bonds is 3. The second kappa shape index (κ2) is 8.29. The van der Waals surface area contributed by atoms with Gasteiger partial charge in [-0.15, -0.1) is 11.3 Å². The predicted molar refractivity (Wildman–Crippen MR) is 125 cm³/mol. The first-order chi connectivity index (χ1) is 14.0. The summed E-state index contributed by atoms with van der Waals surface area (Å²) in [6.07, 6.45) is 0. The summed E-state index contributed by atoms with van der Waals surface area (Å²) in [6, 6.07) is 20.8. The Morgan fingerprint density at radius 3 is 2.59 bits per heavy atom. The largest absolute Gasteiger partial charge is 0.332 e. The van der Waals surface area contributed by atoms with Crippen LogP contribution in [0.3, 0.4) is 0 Å². The van der Waals surface area contributed by atoms with Gasteiger partial charge in [-0.1, -0.05) is 29.8 Å². The van der Waals surface area contributed by atoms with Crippen LogP contribution in [-0.4, -0.2) is 16.0 Å². The van der Waals surface area contributed by atoms with Crippen molar-refractivity contribution in [1.29, 1.82) is 0 Å². The lowest BCUT2D eigenvalue weighted by Gasteiger charge is -2.10. The number of nitrogens with zero attached hydrogens (tertiary/aromatic N) is 1. The van der Waals surface area contributed by atoms with Crippen molar-refractivity contribution in [2.24, 2.45) is 0 Å². The standard InChI is InChI=1S/C22H16ClN3OS2/c1-13-6-11-18-19(12-13)29-21(25-18)14-7-9-15(10-8-14)24-22(28)26-20(27)16-4-2-3-5-17(16)23/h2-12H,1H3,(H2,24,26,27,28). The molecule has 144 valence electrons. The van der Waals surface area contributed by atoms with Crippen molar-refractivity contribution in [1.82, 2.24) is 10.3 Å². The maximum Gasteiger partial charge on any atom is 0.258 e. The van der Waals surface area contributed by atoms with E-state index in [1.807, 2.05) is 30.3 Å². The lowest BCUT2D eigenvalue weighted by molar-refractivity contribution is 0.0978. The molecule has 4 nitrogen and oxygen atoms in total. The number of fused-ring (bicyclic) bond motifs is 1. The van der Waals surface area contributed by atoms with E-state index in [0.717, 1.165) is 21.8 Å².